The molecule has 1 N–H and O–H groups in total. The first-order valence-electron chi connectivity index (χ1n) is 9.04. The molecule has 2 rings (SSSR count). The number of pyridine rings is 1. The average molecular weight is 391 g/mol. The Hall–Kier alpha value is -2.31. The molecule has 1 heterocycles. The molecule has 0 atom stereocenters. The fourth-order valence-corrected chi connectivity index (χ4v) is 2.72. The molecule has 0 saturated heterocycles. The second-order valence-corrected chi connectivity index (χ2v) is 6.67. The minimum absolute atomic E-state index is 0.238. The summed E-state index contributed by atoms with van der Waals surface area (Å²) in [5.74, 6) is 1.17. The normalized spacial score (nSPS) is 10.7. The molecular weight excluding hydrogens is 364 g/mol. The van der Waals surface area contributed by atoms with Crippen molar-refractivity contribution in [1.29, 1.82) is 0 Å². The number of hydrogen-bond donors (Lipinski definition) is 1. The van der Waals surface area contributed by atoms with Crippen LogP contribution in [0.5, 0.6) is 5.75 Å². The number of hydrogen-bond acceptors (Lipinski definition) is 5. The van der Waals surface area contributed by atoms with E-state index in [9.17, 15) is 4.79 Å². The molecule has 0 aliphatic carbocycles. The maximum absolute atomic E-state index is 12.5. The topological polar surface area (TPSA) is 57.7 Å². The zero-order valence-corrected chi connectivity index (χ0v) is 17.1. The first-order chi connectivity index (χ1) is 12.9. The monoisotopic (exact) mass is 390 g/mol. The molecule has 2 aromatic rings. The fourth-order valence-electron chi connectivity index (χ4n) is 2.51. The molecule has 27 heavy (non-hydrogen) atoms. The van der Waals surface area contributed by atoms with E-state index in [2.05, 4.69) is 29.0 Å². The molecule has 0 spiro atoms. The van der Waals surface area contributed by atoms with Gasteiger partial charge in [0.15, 0.2) is 0 Å². The molecule has 6 nitrogen and oxygen atoms in total. The van der Waals surface area contributed by atoms with Crippen LogP contribution in [-0.2, 0) is 0 Å². The van der Waals surface area contributed by atoms with Crippen molar-refractivity contribution in [1.82, 2.24) is 9.88 Å². The van der Waals surface area contributed by atoms with Crippen LogP contribution in [0.4, 0.5) is 11.5 Å². The van der Waals surface area contributed by atoms with E-state index in [1.165, 1.54) is 0 Å². The molecule has 0 bridgehead atoms. The average Bonchev–Trinajstić information content (AvgIpc) is 2.66. The molecule has 1 aromatic carbocycles. The highest BCUT2D eigenvalue weighted by Gasteiger charge is 2.11. The number of anilines is 2. The van der Waals surface area contributed by atoms with Gasteiger partial charge in [0.1, 0.15) is 23.3 Å². The lowest BCUT2D eigenvalue weighted by Crippen LogP contribution is -2.27. The van der Waals surface area contributed by atoms with Crippen LogP contribution in [0, 0.1) is 0 Å². The number of halogens is 1. The van der Waals surface area contributed by atoms with Crippen molar-refractivity contribution in [3.63, 3.8) is 0 Å². The van der Waals surface area contributed by atoms with Crippen LogP contribution < -0.4 is 15.0 Å². The third-order valence-corrected chi connectivity index (χ3v) is 4.38. The Balaban J connectivity index is 1.95. The molecule has 0 aliphatic heterocycles. The number of rotatable bonds is 9. The number of carbonyl (C=O) groups is 1. The van der Waals surface area contributed by atoms with Crippen molar-refractivity contribution in [2.24, 2.45) is 0 Å². The molecule has 146 valence electrons. The van der Waals surface area contributed by atoms with Gasteiger partial charge in [-0.3, -0.25) is 4.79 Å². The van der Waals surface area contributed by atoms with Crippen molar-refractivity contribution < 1.29 is 9.53 Å². The van der Waals surface area contributed by atoms with E-state index >= 15 is 0 Å². The van der Waals surface area contributed by atoms with Crippen molar-refractivity contribution >= 4 is 29.0 Å². The van der Waals surface area contributed by atoms with Gasteiger partial charge in [-0.05, 0) is 49.5 Å². The highest BCUT2D eigenvalue weighted by Crippen LogP contribution is 2.19. The molecular formula is C20H27ClN4O2. The molecule has 0 unspecified atom stereocenters. The number of amides is 1. The van der Waals surface area contributed by atoms with Gasteiger partial charge in [-0.25, -0.2) is 4.98 Å². The lowest BCUT2D eigenvalue weighted by Gasteiger charge is -2.18. The zero-order chi connectivity index (χ0) is 19.8. The quantitative estimate of drug-likeness (QED) is 0.660. The van der Waals surface area contributed by atoms with Crippen LogP contribution in [0.25, 0.3) is 0 Å². The van der Waals surface area contributed by atoms with E-state index in [0.29, 0.717) is 23.7 Å². The van der Waals surface area contributed by atoms with E-state index in [4.69, 9.17) is 16.3 Å². The Bertz CT molecular complexity index is 746. The summed E-state index contributed by atoms with van der Waals surface area (Å²) in [5.41, 5.74) is 1.15. The molecule has 1 amide bonds. The molecule has 0 radical (unpaired) electrons. The molecule has 7 heteroatoms. The van der Waals surface area contributed by atoms with Gasteiger partial charge in [0.05, 0.1) is 0 Å². The van der Waals surface area contributed by atoms with Crippen molar-refractivity contribution in [2.75, 3.05) is 50.6 Å². The minimum atomic E-state index is -0.238. The number of carbonyl (C=O) groups excluding carboxylic acids is 1. The second-order valence-electron chi connectivity index (χ2n) is 6.29. The minimum Gasteiger partial charge on any atom is -0.492 e. The fraction of sp³-hybridized carbons (Fsp3) is 0.400. The number of nitrogens with one attached hydrogen (secondary N) is 1. The van der Waals surface area contributed by atoms with Gasteiger partial charge in [0.25, 0.3) is 5.91 Å². The summed E-state index contributed by atoms with van der Waals surface area (Å²) < 4.78 is 5.76. The maximum Gasteiger partial charge on any atom is 0.255 e. The summed E-state index contributed by atoms with van der Waals surface area (Å²) in [6.07, 6.45) is 0. The maximum atomic E-state index is 12.5. The zero-order valence-electron chi connectivity index (χ0n) is 16.3. The van der Waals surface area contributed by atoms with Crippen molar-refractivity contribution in [3.05, 3.63) is 47.1 Å². The number of aromatic nitrogens is 1. The van der Waals surface area contributed by atoms with Crippen LogP contribution in [-0.4, -0.2) is 56.1 Å². The highest BCUT2D eigenvalue weighted by molar-refractivity contribution is 6.30. The first-order valence-corrected chi connectivity index (χ1v) is 9.42. The van der Waals surface area contributed by atoms with Gasteiger partial charge in [0.2, 0.25) is 0 Å². The summed E-state index contributed by atoms with van der Waals surface area (Å²) in [4.78, 5) is 20.8. The van der Waals surface area contributed by atoms with E-state index in [0.717, 1.165) is 25.4 Å². The lowest BCUT2D eigenvalue weighted by atomic mass is 10.2. The van der Waals surface area contributed by atoms with Crippen molar-refractivity contribution in [2.45, 2.75) is 13.8 Å². The van der Waals surface area contributed by atoms with Crippen molar-refractivity contribution in [3.8, 4) is 5.75 Å². The first kappa shape index (κ1) is 21.0. The standard InChI is InChI=1S/C20H27ClN4O2/c1-5-25(6-2)11-12-27-17-9-7-16(8-10-17)22-20(26)15-13-18(21)23-19(14-15)24(3)4/h7-10,13-14H,5-6,11-12H2,1-4H3,(H,22,26). The van der Waals surface area contributed by atoms with E-state index < -0.39 is 0 Å². The highest BCUT2D eigenvalue weighted by atomic mass is 35.5. The second kappa shape index (κ2) is 10.1. The summed E-state index contributed by atoms with van der Waals surface area (Å²) in [7, 11) is 3.69. The van der Waals surface area contributed by atoms with Crippen LogP contribution in [0.2, 0.25) is 5.15 Å². The van der Waals surface area contributed by atoms with Crippen LogP contribution in [0.1, 0.15) is 24.2 Å². The Kier molecular flexibility index (Phi) is 7.88. The predicted octanol–water partition coefficient (Wildman–Crippen LogP) is 3.77. The number of benzene rings is 1. The molecule has 0 fully saturated rings. The van der Waals surface area contributed by atoms with E-state index in [1.807, 2.05) is 38.4 Å². The van der Waals surface area contributed by atoms with E-state index in [-0.39, 0.29) is 11.1 Å². The van der Waals surface area contributed by atoms with E-state index in [1.54, 1.807) is 17.0 Å². The Morgan fingerprint density at radius 2 is 1.81 bits per heavy atom. The van der Waals surface area contributed by atoms with Crippen LogP contribution in [0.15, 0.2) is 36.4 Å². The molecule has 0 saturated carbocycles. The van der Waals surface area contributed by atoms with Gasteiger partial charge in [-0.1, -0.05) is 25.4 Å². The number of ether oxygens (including phenoxy) is 1. The Morgan fingerprint density at radius 1 is 1.15 bits per heavy atom. The summed E-state index contributed by atoms with van der Waals surface area (Å²) >= 11 is 6.02. The van der Waals surface area contributed by atoms with Gasteiger partial charge in [-0.2, -0.15) is 0 Å². The van der Waals surface area contributed by atoms with Crippen LogP contribution in [0.3, 0.4) is 0 Å². The smallest absolute Gasteiger partial charge is 0.255 e. The number of nitrogens with zero attached hydrogens (tertiary/aromatic N) is 3. The summed E-state index contributed by atoms with van der Waals surface area (Å²) in [6, 6.07) is 10.6. The third kappa shape index (κ3) is 6.41. The molecule has 1 aromatic heterocycles. The van der Waals surface area contributed by atoms with Gasteiger partial charge in [0, 0.05) is 31.9 Å². The third-order valence-electron chi connectivity index (χ3n) is 4.18. The summed E-state index contributed by atoms with van der Waals surface area (Å²) in [5, 5.41) is 3.14. The number of likely N-dealkylation sites (N-methyl/N-ethyl adjacent to an activating group) is 1. The van der Waals surface area contributed by atoms with Gasteiger partial charge < -0.3 is 19.9 Å². The largest absolute Gasteiger partial charge is 0.492 e. The predicted molar refractivity (Wildman–Crippen MR) is 111 cm³/mol. The Morgan fingerprint density at radius 3 is 2.41 bits per heavy atom. The van der Waals surface area contributed by atoms with Gasteiger partial charge >= 0.3 is 0 Å². The Labute approximate surface area is 166 Å². The van der Waals surface area contributed by atoms with Crippen LogP contribution >= 0.6 is 11.6 Å². The SMILES string of the molecule is CCN(CC)CCOc1ccc(NC(=O)c2cc(Cl)nc(N(C)C)c2)cc1. The van der Waals surface area contributed by atoms with Gasteiger partial charge in [-0.15, -0.1) is 0 Å². The summed E-state index contributed by atoms with van der Waals surface area (Å²) in [6.45, 7) is 7.83. The molecule has 0 aliphatic rings. The lowest BCUT2D eigenvalue weighted by molar-refractivity contribution is 0.102.